The third-order valence-electron chi connectivity index (χ3n) is 4.19. The van der Waals surface area contributed by atoms with E-state index in [9.17, 15) is 4.79 Å². The van der Waals surface area contributed by atoms with Crippen molar-refractivity contribution in [2.75, 3.05) is 34.2 Å². The topological polar surface area (TPSA) is 85.8 Å². The molecule has 0 radical (unpaired) electrons. The molecule has 0 aromatic carbocycles. The van der Waals surface area contributed by atoms with Gasteiger partial charge in [-0.15, -0.1) is 0 Å². The third-order valence-corrected chi connectivity index (χ3v) is 4.19. The molecule has 0 unspecified atom stereocenters. The quantitative estimate of drug-likeness (QED) is 0.786. The lowest BCUT2D eigenvalue weighted by Gasteiger charge is -2.25. The molecule has 0 bridgehead atoms. The molecule has 1 fully saturated rings. The summed E-state index contributed by atoms with van der Waals surface area (Å²) in [6.45, 7) is 2.17. The summed E-state index contributed by atoms with van der Waals surface area (Å²) in [5.74, 6) is 0.238. The van der Waals surface area contributed by atoms with Gasteiger partial charge >= 0.3 is 0 Å². The van der Waals surface area contributed by atoms with Crippen molar-refractivity contribution in [2.24, 2.45) is 5.92 Å². The maximum atomic E-state index is 12.4. The van der Waals surface area contributed by atoms with Crippen LogP contribution in [-0.2, 0) is 16.1 Å². The Hall–Kier alpha value is -1.99. The fourth-order valence-electron chi connectivity index (χ4n) is 2.86. The van der Waals surface area contributed by atoms with Gasteiger partial charge in [0.05, 0.1) is 5.92 Å². The summed E-state index contributed by atoms with van der Waals surface area (Å²) >= 11 is 0. The zero-order valence-electron chi connectivity index (χ0n) is 14.7. The molecule has 1 aromatic rings. The van der Waals surface area contributed by atoms with Crippen molar-refractivity contribution in [3.05, 3.63) is 30.1 Å². The van der Waals surface area contributed by atoms with Crippen LogP contribution in [0.4, 0.5) is 0 Å². The van der Waals surface area contributed by atoms with Crippen molar-refractivity contribution in [2.45, 2.75) is 25.4 Å². The molecule has 7 heteroatoms. The van der Waals surface area contributed by atoms with E-state index in [1.165, 1.54) is 0 Å². The highest BCUT2D eigenvalue weighted by molar-refractivity contribution is 5.78. The summed E-state index contributed by atoms with van der Waals surface area (Å²) in [5.41, 5.74) is 1.04. The fourth-order valence-corrected chi connectivity index (χ4v) is 2.86. The molecule has 1 amide bonds. The van der Waals surface area contributed by atoms with E-state index in [0.29, 0.717) is 12.6 Å². The molecule has 2 heterocycles. The number of amides is 1. The van der Waals surface area contributed by atoms with Gasteiger partial charge in [-0.3, -0.25) is 14.6 Å². The number of carboxylic acid groups (broad SMARTS) is 1. The molecule has 24 heavy (non-hydrogen) atoms. The third kappa shape index (κ3) is 7.06. The first-order valence-electron chi connectivity index (χ1n) is 8.07. The Labute approximate surface area is 143 Å². The number of aromatic nitrogens is 1. The highest BCUT2D eigenvalue weighted by Crippen LogP contribution is 2.18. The second-order valence-corrected chi connectivity index (χ2v) is 6.30. The van der Waals surface area contributed by atoms with Crippen molar-refractivity contribution >= 4 is 12.4 Å². The first-order valence-corrected chi connectivity index (χ1v) is 8.07. The standard InChI is InChI=1S/C16H26N4O.CH2O2/c1-19(2)15-7-6-14(11-20(3)12-15)16(21)18-10-13-5-4-8-17-9-13;2-1-3/h4-5,8-9,14-15H,6-7,10-12H2,1-3H3,(H,18,21);1H,(H,2,3)/t14-,15+;/m1./s1. The van der Waals surface area contributed by atoms with Gasteiger partial charge in [-0.25, -0.2) is 0 Å². The Balaban J connectivity index is 0.000000891. The molecule has 0 aliphatic carbocycles. The lowest BCUT2D eigenvalue weighted by atomic mass is 10.0. The molecule has 7 nitrogen and oxygen atoms in total. The minimum atomic E-state index is -0.250. The summed E-state index contributed by atoms with van der Waals surface area (Å²) in [6, 6.07) is 4.41. The number of carbonyl (C=O) groups is 2. The van der Waals surface area contributed by atoms with E-state index in [1.807, 2.05) is 12.1 Å². The van der Waals surface area contributed by atoms with E-state index in [1.54, 1.807) is 12.4 Å². The molecule has 134 valence electrons. The number of rotatable bonds is 4. The van der Waals surface area contributed by atoms with Gasteiger partial charge in [0.1, 0.15) is 0 Å². The number of likely N-dealkylation sites (N-methyl/N-ethyl adjacent to an activating group) is 2. The Kier molecular flexibility index (Phi) is 8.96. The van der Waals surface area contributed by atoms with Crippen molar-refractivity contribution < 1.29 is 14.7 Å². The highest BCUT2D eigenvalue weighted by Gasteiger charge is 2.27. The van der Waals surface area contributed by atoms with E-state index < -0.39 is 0 Å². The van der Waals surface area contributed by atoms with Crippen LogP contribution in [-0.4, -0.2) is 72.5 Å². The summed E-state index contributed by atoms with van der Waals surface area (Å²) in [6.07, 6.45) is 5.56. The van der Waals surface area contributed by atoms with E-state index in [2.05, 4.69) is 41.2 Å². The number of nitrogens with one attached hydrogen (secondary N) is 1. The SMILES string of the molecule is CN1C[C@H](C(=O)NCc2cccnc2)CC[C@H](N(C)C)C1.O=CO. The van der Waals surface area contributed by atoms with Gasteiger partial charge < -0.3 is 20.2 Å². The Morgan fingerprint density at radius 1 is 1.46 bits per heavy atom. The highest BCUT2D eigenvalue weighted by atomic mass is 16.3. The van der Waals surface area contributed by atoms with Crippen molar-refractivity contribution in [3.8, 4) is 0 Å². The second-order valence-electron chi connectivity index (χ2n) is 6.30. The van der Waals surface area contributed by atoms with Crippen LogP contribution in [0.15, 0.2) is 24.5 Å². The Bertz CT molecular complexity index is 496. The minimum absolute atomic E-state index is 0.0802. The van der Waals surface area contributed by atoms with Crippen LogP contribution < -0.4 is 5.32 Å². The maximum Gasteiger partial charge on any atom is 0.290 e. The number of hydrogen-bond donors (Lipinski definition) is 2. The predicted molar refractivity (Wildman–Crippen MR) is 92.5 cm³/mol. The number of pyridine rings is 1. The molecule has 2 N–H and O–H groups in total. The first-order chi connectivity index (χ1) is 11.5. The first kappa shape index (κ1) is 20.1. The zero-order chi connectivity index (χ0) is 17.9. The molecular formula is C17H28N4O3. The summed E-state index contributed by atoms with van der Waals surface area (Å²) < 4.78 is 0. The average molecular weight is 336 g/mol. The van der Waals surface area contributed by atoms with Crippen LogP contribution in [0.3, 0.4) is 0 Å². The number of likely N-dealkylation sites (tertiary alicyclic amines) is 1. The van der Waals surface area contributed by atoms with Crippen molar-refractivity contribution in [1.82, 2.24) is 20.1 Å². The van der Waals surface area contributed by atoms with Crippen LogP contribution >= 0.6 is 0 Å². The molecule has 1 saturated heterocycles. The smallest absolute Gasteiger partial charge is 0.290 e. The summed E-state index contributed by atoms with van der Waals surface area (Å²) in [5, 5.41) is 9.93. The van der Waals surface area contributed by atoms with Gasteiger partial charge in [0.25, 0.3) is 6.47 Å². The van der Waals surface area contributed by atoms with Crippen LogP contribution in [0.5, 0.6) is 0 Å². The molecule has 1 aromatic heterocycles. The van der Waals surface area contributed by atoms with Gasteiger partial charge in [-0.05, 0) is 45.6 Å². The van der Waals surface area contributed by atoms with Crippen molar-refractivity contribution in [1.29, 1.82) is 0 Å². The van der Waals surface area contributed by atoms with Crippen LogP contribution in [0.2, 0.25) is 0 Å². The van der Waals surface area contributed by atoms with E-state index in [4.69, 9.17) is 9.90 Å². The van der Waals surface area contributed by atoms with E-state index in [-0.39, 0.29) is 18.3 Å². The van der Waals surface area contributed by atoms with Gasteiger partial charge in [0.2, 0.25) is 5.91 Å². The van der Waals surface area contributed by atoms with Crippen LogP contribution in [0, 0.1) is 5.92 Å². The molecule has 2 atom stereocenters. The molecule has 1 aliphatic heterocycles. The lowest BCUT2D eigenvalue weighted by molar-refractivity contribution is -0.126. The maximum absolute atomic E-state index is 12.4. The molecule has 0 saturated carbocycles. The van der Waals surface area contributed by atoms with Gasteiger partial charge in [-0.2, -0.15) is 0 Å². The predicted octanol–water partition coefficient (Wildman–Crippen LogP) is 0.671. The monoisotopic (exact) mass is 336 g/mol. The largest absolute Gasteiger partial charge is 0.483 e. The van der Waals surface area contributed by atoms with Crippen LogP contribution in [0.1, 0.15) is 18.4 Å². The van der Waals surface area contributed by atoms with Crippen molar-refractivity contribution in [3.63, 3.8) is 0 Å². The second kappa shape index (κ2) is 10.7. The summed E-state index contributed by atoms with van der Waals surface area (Å²) in [4.78, 5) is 29.3. The number of carbonyl (C=O) groups excluding carboxylic acids is 1. The van der Waals surface area contributed by atoms with E-state index >= 15 is 0 Å². The molecule has 2 rings (SSSR count). The van der Waals surface area contributed by atoms with E-state index in [0.717, 1.165) is 31.5 Å². The van der Waals surface area contributed by atoms with Crippen LogP contribution in [0.25, 0.3) is 0 Å². The Morgan fingerprint density at radius 2 is 2.17 bits per heavy atom. The lowest BCUT2D eigenvalue weighted by Crippen LogP contribution is -2.39. The van der Waals surface area contributed by atoms with Gasteiger partial charge in [0.15, 0.2) is 0 Å². The fraction of sp³-hybridized carbons (Fsp3) is 0.588. The average Bonchev–Trinajstić information content (AvgIpc) is 2.76. The molecule has 0 spiro atoms. The molecule has 1 aliphatic rings. The minimum Gasteiger partial charge on any atom is -0.483 e. The number of hydrogen-bond acceptors (Lipinski definition) is 5. The van der Waals surface area contributed by atoms with Gasteiger partial charge in [0, 0.05) is 38.1 Å². The number of nitrogens with zero attached hydrogens (tertiary/aromatic N) is 3. The Morgan fingerprint density at radius 3 is 2.75 bits per heavy atom. The summed E-state index contributed by atoms with van der Waals surface area (Å²) in [7, 11) is 6.33. The normalized spacial score (nSPS) is 21.3. The molecular weight excluding hydrogens is 308 g/mol. The zero-order valence-corrected chi connectivity index (χ0v) is 14.7. The van der Waals surface area contributed by atoms with Gasteiger partial charge in [-0.1, -0.05) is 6.07 Å².